The molecule has 5 N–H and O–H groups in total. The molecule has 192 valence electrons. The molecule has 3 atom stereocenters. The molecule has 5 aliphatic rings. The molecule has 1 aliphatic heterocycles. The van der Waals surface area contributed by atoms with Crippen LogP contribution < -0.4 is 5.32 Å². The van der Waals surface area contributed by atoms with Gasteiger partial charge in [-0.15, -0.1) is 0 Å². The van der Waals surface area contributed by atoms with E-state index < -0.39 is 25.5 Å². The lowest BCUT2D eigenvalue weighted by Crippen LogP contribution is -2.54. The fraction of sp³-hybridized carbons (Fsp3) is 0.773. The molecule has 4 bridgehead atoms. The number of aromatic nitrogens is 4. The summed E-state index contributed by atoms with van der Waals surface area (Å²) in [4.78, 5) is 31.5. The van der Waals surface area contributed by atoms with Crippen molar-refractivity contribution >= 4 is 36.2 Å². The molecule has 1 saturated heterocycles. The molecule has 7 rings (SSSR count). The highest BCUT2D eigenvalue weighted by atomic mass is 35.5. The Balaban J connectivity index is 1.26. The van der Waals surface area contributed by atoms with Gasteiger partial charge in [0.05, 0.1) is 12.9 Å². The maximum absolute atomic E-state index is 11.2. The van der Waals surface area contributed by atoms with E-state index in [0.717, 1.165) is 37.0 Å². The van der Waals surface area contributed by atoms with Gasteiger partial charge in [-0.25, -0.2) is 4.98 Å². The molecule has 0 radical (unpaired) electrons. The van der Waals surface area contributed by atoms with E-state index in [0.29, 0.717) is 17.0 Å². The first kappa shape index (κ1) is 24.0. The van der Waals surface area contributed by atoms with Gasteiger partial charge in [0.2, 0.25) is 5.28 Å². The molecule has 4 saturated carbocycles. The molecule has 2 unspecified atom stereocenters. The van der Waals surface area contributed by atoms with Crippen LogP contribution in [0, 0.1) is 17.8 Å². The zero-order valence-electron chi connectivity index (χ0n) is 19.3. The maximum atomic E-state index is 11.2. The molecule has 0 spiro atoms. The van der Waals surface area contributed by atoms with Crippen LogP contribution in [0.3, 0.4) is 0 Å². The number of fused-ring (bicyclic) bond motifs is 1. The van der Waals surface area contributed by atoms with Gasteiger partial charge in [0.1, 0.15) is 11.7 Å². The number of rotatable bonds is 7. The van der Waals surface area contributed by atoms with Gasteiger partial charge in [-0.05, 0) is 80.7 Å². The number of anilines is 1. The predicted molar refractivity (Wildman–Crippen MR) is 127 cm³/mol. The number of nitrogens with one attached hydrogen (secondary N) is 1. The summed E-state index contributed by atoms with van der Waals surface area (Å²) in [6, 6.07) is 0. The van der Waals surface area contributed by atoms with Gasteiger partial charge in [0, 0.05) is 11.7 Å². The minimum absolute atomic E-state index is 0.00832. The lowest BCUT2D eigenvalue weighted by molar-refractivity contribution is -0.0648. The van der Waals surface area contributed by atoms with Crippen molar-refractivity contribution < 1.29 is 29.3 Å². The standard InChI is InChI=1S/C22H31ClN5O6P/c23-20-25-17(27-21-7-12-4-13(8-21)6-14(5-12)9-21)15-18(26-20)28(11-24-15)19-16(29)22(30,10-34-19)2-1-3-35(31,32)33/h11-14,16,19,29-30H,1-10H2,(H,25,26,27)(H2,31,32,33)/t12?,13?,14?,16?,19-,21?,22?/m1/s1. The number of imidazole rings is 1. The highest BCUT2D eigenvalue weighted by Crippen LogP contribution is 2.56. The van der Waals surface area contributed by atoms with Gasteiger partial charge in [-0.3, -0.25) is 9.13 Å². The monoisotopic (exact) mass is 527 g/mol. The summed E-state index contributed by atoms with van der Waals surface area (Å²) in [5.74, 6) is 2.84. The second kappa shape index (κ2) is 8.34. The van der Waals surface area contributed by atoms with E-state index in [2.05, 4.69) is 20.3 Å². The fourth-order valence-electron chi connectivity index (χ4n) is 7.39. The Bertz CT molecular complexity index is 1150. The second-order valence-corrected chi connectivity index (χ2v) is 13.3. The molecule has 0 amide bonds. The van der Waals surface area contributed by atoms with Crippen molar-refractivity contribution in [3.05, 3.63) is 11.6 Å². The first-order valence-corrected chi connectivity index (χ1v) is 14.4. The van der Waals surface area contributed by atoms with E-state index >= 15 is 0 Å². The van der Waals surface area contributed by atoms with Gasteiger partial charge >= 0.3 is 7.60 Å². The van der Waals surface area contributed by atoms with Gasteiger partial charge in [-0.1, -0.05) is 0 Å². The SMILES string of the molecule is O=P(O)(O)CCCC1(O)CO[C@@H](n2cnc3c(NC45CC6CC(CC(C6)C4)C5)nc(Cl)nc32)C1O. The maximum Gasteiger partial charge on any atom is 0.325 e. The molecule has 2 aromatic rings. The average molecular weight is 528 g/mol. The summed E-state index contributed by atoms with van der Waals surface area (Å²) >= 11 is 6.32. The van der Waals surface area contributed by atoms with Gasteiger partial charge < -0.3 is 30.1 Å². The first-order valence-electron chi connectivity index (χ1n) is 12.3. The minimum atomic E-state index is -4.19. The fourth-order valence-corrected chi connectivity index (χ4v) is 8.13. The average Bonchev–Trinajstić information content (AvgIpc) is 3.27. The Morgan fingerprint density at radius 2 is 1.83 bits per heavy atom. The minimum Gasteiger partial charge on any atom is -0.385 e. The van der Waals surface area contributed by atoms with Crippen LogP contribution in [0.2, 0.25) is 5.28 Å². The Labute approximate surface area is 207 Å². The third kappa shape index (κ3) is 4.39. The molecule has 13 heteroatoms. The van der Waals surface area contributed by atoms with Crippen LogP contribution in [-0.4, -0.2) is 69.5 Å². The lowest BCUT2D eigenvalue weighted by Gasteiger charge is -2.57. The molecule has 0 aromatic carbocycles. The summed E-state index contributed by atoms with van der Waals surface area (Å²) in [7, 11) is -4.19. The molecule has 5 fully saturated rings. The van der Waals surface area contributed by atoms with E-state index in [-0.39, 0.29) is 36.4 Å². The van der Waals surface area contributed by atoms with E-state index in [1.807, 2.05) is 0 Å². The Hall–Kier alpha value is -1.33. The van der Waals surface area contributed by atoms with E-state index in [9.17, 15) is 14.8 Å². The second-order valence-electron chi connectivity index (χ2n) is 11.2. The topological polar surface area (TPSA) is 163 Å². The van der Waals surface area contributed by atoms with Crippen molar-refractivity contribution in [1.29, 1.82) is 0 Å². The number of aliphatic hydroxyl groups is 2. The van der Waals surface area contributed by atoms with E-state index in [1.165, 1.54) is 25.6 Å². The normalized spacial score (nSPS) is 38.5. The smallest absolute Gasteiger partial charge is 0.325 e. The van der Waals surface area contributed by atoms with Gasteiger partial charge in [0.15, 0.2) is 23.2 Å². The van der Waals surface area contributed by atoms with Crippen LogP contribution in [0.4, 0.5) is 5.82 Å². The number of hydrogen-bond donors (Lipinski definition) is 5. The molecule has 3 heterocycles. The summed E-state index contributed by atoms with van der Waals surface area (Å²) < 4.78 is 18.4. The molecular formula is C22H31ClN5O6P. The van der Waals surface area contributed by atoms with E-state index in [1.54, 1.807) is 4.57 Å². The highest BCUT2D eigenvalue weighted by Gasteiger charge is 2.52. The molecule has 11 nitrogen and oxygen atoms in total. The molecule has 4 aliphatic carbocycles. The summed E-state index contributed by atoms with van der Waals surface area (Å²) in [6.07, 6.45) is 6.17. The predicted octanol–water partition coefficient (Wildman–Crippen LogP) is 2.44. The van der Waals surface area contributed by atoms with Crippen LogP contribution in [-0.2, 0) is 9.30 Å². The first-order chi connectivity index (χ1) is 16.5. The van der Waals surface area contributed by atoms with Crippen LogP contribution in [0.15, 0.2) is 6.33 Å². The lowest BCUT2D eigenvalue weighted by atomic mass is 9.53. The van der Waals surface area contributed by atoms with Crippen LogP contribution >= 0.6 is 19.2 Å². The third-order valence-electron chi connectivity index (χ3n) is 8.47. The van der Waals surface area contributed by atoms with E-state index in [4.69, 9.17) is 26.1 Å². The van der Waals surface area contributed by atoms with Gasteiger partial charge in [-0.2, -0.15) is 9.97 Å². The summed E-state index contributed by atoms with van der Waals surface area (Å²) in [6.45, 7) is -0.184. The summed E-state index contributed by atoms with van der Waals surface area (Å²) in [5.41, 5.74) is -0.738. The van der Waals surface area contributed by atoms with Gasteiger partial charge in [0.25, 0.3) is 0 Å². The zero-order valence-corrected chi connectivity index (χ0v) is 20.9. The number of nitrogens with zero attached hydrogens (tertiary/aromatic N) is 4. The summed E-state index contributed by atoms with van der Waals surface area (Å²) in [5, 5.41) is 25.6. The quantitative estimate of drug-likeness (QED) is 0.267. The Morgan fingerprint density at radius 3 is 2.46 bits per heavy atom. The molecule has 35 heavy (non-hydrogen) atoms. The van der Waals surface area contributed by atoms with Crippen molar-refractivity contribution in [3.63, 3.8) is 0 Å². The zero-order chi connectivity index (χ0) is 24.6. The number of ether oxygens (including phenoxy) is 1. The van der Waals surface area contributed by atoms with Crippen LogP contribution in [0.1, 0.15) is 57.6 Å². The van der Waals surface area contributed by atoms with Crippen LogP contribution in [0.25, 0.3) is 11.2 Å². The molecular weight excluding hydrogens is 497 g/mol. The Morgan fingerprint density at radius 1 is 1.17 bits per heavy atom. The Kier molecular flexibility index (Phi) is 5.73. The van der Waals surface area contributed by atoms with Crippen molar-refractivity contribution in [1.82, 2.24) is 19.5 Å². The van der Waals surface area contributed by atoms with Crippen molar-refractivity contribution in [2.45, 2.75) is 74.8 Å². The molecule has 2 aromatic heterocycles. The van der Waals surface area contributed by atoms with Crippen LogP contribution in [0.5, 0.6) is 0 Å². The van der Waals surface area contributed by atoms with Crippen molar-refractivity contribution in [3.8, 4) is 0 Å². The third-order valence-corrected chi connectivity index (χ3v) is 9.54. The van der Waals surface area contributed by atoms with Crippen molar-refractivity contribution in [2.75, 3.05) is 18.1 Å². The highest BCUT2D eigenvalue weighted by molar-refractivity contribution is 7.51. The number of halogens is 1. The number of aliphatic hydroxyl groups excluding tert-OH is 1. The van der Waals surface area contributed by atoms with Crippen molar-refractivity contribution in [2.24, 2.45) is 17.8 Å². The number of hydrogen-bond acceptors (Lipinski definition) is 8. The largest absolute Gasteiger partial charge is 0.385 e.